The van der Waals surface area contributed by atoms with Crippen molar-refractivity contribution in [2.45, 2.75) is 19.4 Å². The van der Waals surface area contributed by atoms with Gasteiger partial charge in [-0.25, -0.2) is 0 Å². The Balaban J connectivity index is 2.58. The number of nitrogens with one attached hydrogen (secondary N) is 1. The molecule has 0 saturated carbocycles. The lowest BCUT2D eigenvalue weighted by atomic mass is 10.2. The number of amides is 1. The van der Waals surface area contributed by atoms with Crippen molar-refractivity contribution in [3.8, 4) is 0 Å². The molecule has 1 amide bonds. The normalized spacial score (nSPS) is 12.5. The van der Waals surface area contributed by atoms with Gasteiger partial charge in [0.1, 0.15) is 6.26 Å². The van der Waals surface area contributed by atoms with E-state index in [4.69, 9.17) is 9.52 Å². The molecular weight excluding hydrogens is 250 g/mol. The lowest BCUT2D eigenvalue weighted by Crippen LogP contribution is -2.36. The molecule has 0 fully saturated rings. The molecule has 5 heteroatoms. The Kier molecular flexibility index (Phi) is 4.16. The minimum Gasteiger partial charge on any atom is -0.457 e. The van der Waals surface area contributed by atoms with Crippen LogP contribution in [0.25, 0.3) is 0 Å². The van der Waals surface area contributed by atoms with Crippen LogP contribution in [0.4, 0.5) is 0 Å². The number of carbonyl (C=O) groups excluding carboxylic acids is 1. The van der Waals surface area contributed by atoms with Crippen LogP contribution in [0.5, 0.6) is 0 Å². The van der Waals surface area contributed by atoms with Crippen molar-refractivity contribution < 1.29 is 14.3 Å². The summed E-state index contributed by atoms with van der Waals surface area (Å²) in [5.74, 6) is -0.236. The molecule has 14 heavy (non-hydrogen) atoms. The first-order valence-electron chi connectivity index (χ1n) is 4.33. The van der Waals surface area contributed by atoms with Gasteiger partial charge >= 0.3 is 0 Å². The second kappa shape index (κ2) is 5.17. The van der Waals surface area contributed by atoms with Gasteiger partial charge in [-0.1, -0.05) is 6.92 Å². The number of aliphatic hydroxyl groups is 1. The van der Waals surface area contributed by atoms with E-state index in [-0.39, 0.29) is 18.6 Å². The zero-order chi connectivity index (χ0) is 10.6. The Morgan fingerprint density at radius 2 is 2.50 bits per heavy atom. The Bertz CT molecular complexity index is 307. The second-order valence-electron chi connectivity index (χ2n) is 2.90. The fourth-order valence-corrected chi connectivity index (χ4v) is 1.31. The molecule has 0 aliphatic carbocycles. The van der Waals surface area contributed by atoms with Crippen LogP contribution < -0.4 is 5.32 Å². The van der Waals surface area contributed by atoms with E-state index in [1.807, 2.05) is 6.92 Å². The van der Waals surface area contributed by atoms with Gasteiger partial charge in [-0.05, 0) is 22.4 Å². The Hall–Kier alpha value is -0.810. The van der Waals surface area contributed by atoms with Crippen molar-refractivity contribution in [2.75, 3.05) is 6.61 Å². The van der Waals surface area contributed by atoms with Crippen LogP contribution in [0, 0.1) is 0 Å². The van der Waals surface area contributed by atoms with Gasteiger partial charge in [0.25, 0.3) is 5.91 Å². The molecule has 0 aliphatic rings. The molecule has 1 heterocycles. The SMILES string of the molecule is CCC(CO)NC(=O)c1coc(Br)c1. The third kappa shape index (κ3) is 2.85. The van der Waals surface area contributed by atoms with Gasteiger partial charge in [0.2, 0.25) is 0 Å². The maximum Gasteiger partial charge on any atom is 0.254 e. The van der Waals surface area contributed by atoms with Crippen molar-refractivity contribution in [1.29, 1.82) is 0 Å². The highest BCUT2D eigenvalue weighted by Gasteiger charge is 2.12. The van der Waals surface area contributed by atoms with Crippen molar-refractivity contribution >= 4 is 21.8 Å². The van der Waals surface area contributed by atoms with E-state index < -0.39 is 0 Å². The summed E-state index contributed by atoms with van der Waals surface area (Å²) >= 11 is 3.10. The van der Waals surface area contributed by atoms with Crippen LogP contribution in [0.15, 0.2) is 21.4 Å². The third-order valence-electron chi connectivity index (χ3n) is 1.88. The number of furan rings is 1. The Morgan fingerprint density at radius 3 is 2.93 bits per heavy atom. The van der Waals surface area contributed by atoms with Gasteiger partial charge in [-0.15, -0.1) is 0 Å². The molecule has 4 nitrogen and oxygen atoms in total. The van der Waals surface area contributed by atoms with Crippen LogP contribution in [-0.4, -0.2) is 23.7 Å². The van der Waals surface area contributed by atoms with Gasteiger partial charge in [-0.3, -0.25) is 4.79 Å². The fourth-order valence-electron chi connectivity index (χ4n) is 0.975. The summed E-state index contributed by atoms with van der Waals surface area (Å²) in [5.41, 5.74) is 0.448. The fraction of sp³-hybridized carbons (Fsp3) is 0.444. The molecule has 2 N–H and O–H groups in total. The largest absolute Gasteiger partial charge is 0.457 e. The number of rotatable bonds is 4. The number of aliphatic hydroxyl groups excluding tert-OH is 1. The first-order chi connectivity index (χ1) is 6.67. The monoisotopic (exact) mass is 261 g/mol. The summed E-state index contributed by atoms with van der Waals surface area (Å²) in [6.07, 6.45) is 2.06. The minimum absolute atomic E-state index is 0.0543. The maximum atomic E-state index is 11.5. The highest BCUT2D eigenvalue weighted by atomic mass is 79.9. The van der Waals surface area contributed by atoms with Crippen LogP contribution >= 0.6 is 15.9 Å². The van der Waals surface area contributed by atoms with E-state index in [1.54, 1.807) is 6.07 Å². The van der Waals surface area contributed by atoms with E-state index in [2.05, 4.69) is 21.2 Å². The molecule has 0 bridgehead atoms. The van der Waals surface area contributed by atoms with Crippen LogP contribution in [-0.2, 0) is 0 Å². The van der Waals surface area contributed by atoms with E-state index in [1.165, 1.54) is 6.26 Å². The molecule has 1 aromatic heterocycles. The molecule has 1 aromatic rings. The Morgan fingerprint density at radius 1 is 1.79 bits per heavy atom. The minimum atomic E-state index is -0.236. The van der Waals surface area contributed by atoms with Crippen LogP contribution in [0.3, 0.4) is 0 Å². The second-order valence-corrected chi connectivity index (χ2v) is 3.68. The summed E-state index contributed by atoms with van der Waals surface area (Å²) in [6.45, 7) is 1.84. The van der Waals surface area contributed by atoms with Gasteiger partial charge in [0.15, 0.2) is 4.67 Å². The number of hydrogen-bond donors (Lipinski definition) is 2. The molecule has 1 atom stereocenters. The smallest absolute Gasteiger partial charge is 0.254 e. The predicted octanol–water partition coefficient (Wildman–Crippen LogP) is 1.54. The summed E-state index contributed by atoms with van der Waals surface area (Å²) in [4.78, 5) is 11.5. The molecule has 0 aromatic carbocycles. The third-order valence-corrected chi connectivity index (χ3v) is 2.29. The lowest BCUT2D eigenvalue weighted by Gasteiger charge is -2.12. The zero-order valence-corrected chi connectivity index (χ0v) is 9.37. The molecule has 1 unspecified atom stereocenters. The number of hydrogen-bond acceptors (Lipinski definition) is 3. The molecule has 0 spiro atoms. The van der Waals surface area contributed by atoms with E-state index in [0.717, 1.165) is 0 Å². The Labute approximate surface area is 90.4 Å². The zero-order valence-electron chi connectivity index (χ0n) is 7.79. The predicted molar refractivity (Wildman–Crippen MR) is 55.0 cm³/mol. The van der Waals surface area contributed by atoms with E-state index >= 15 is 0 Å². The van der Waals surface area contributed by atoms with E-state index in [9.17, 15) is 4.79 Å². The van der Waals surface area contributed by atoms with Crippen molar-refractivity contribution in [1.82, 2.24) is 5.32 Å². The van der Waals surface area contributed by atoms with Gasteiger partial charge in [0, 0.05) is 6.07 Å². The van der Waals surface area contributed by atoms with Crippen molar-refractivity contribution in [3.05, 3.63) is 22.6 Å². The molecule has 0 radical (unpaired) electrons. The molecule has 1 rings (SSSR count). The maximum absolute atomic E-state index is 11.5. The topological polar surface area (TPSA) is 62.5 Å². The molecular formula is C9H12BrNO3. The molecule has 78 valence electrons. The van der Waals surface area contributed by atoms with Crippen molar-refractivity contribution in [3.63, 3.8) is 0 Å². The standard InChI is InChI=1S/C9H12BrNO3/c1-2-7(4-12)11-9(13)6-3-8(10)14-5-6/h3,5,7,12H,2,4H2,1H3,(H,11,13). The van der Waals surface area contributed by atoms with Gasteiger partial charge in [0.05, 0.1) is 18.2 Å². The van der Waals surface area contributed by atoms with Crippen molar-refractivity contribution in [2.24, 2.45) is 0 Å². The highest BCUT2D eigenvalue weighted by molar-refractivity contribution is 9.10. The van der Waals surface area contributed by atoms with E-state index in [0.29, 0.717) is 16.7 Å². The lowest BCUT2D eigenvalue weighted by molar-refractivity contribution is 0.0914. The van der Waals surface area contributed by atoms with Crippen LogP contribution in [0.2, 0.25) is 0 Å². The number of carbonyl (C=O) groups is 1. The van der Waals surface area contributed by atoms with Gasteiger partial charge < -0.3 is 14.8 Å². The summed E-state index contributed by atoms with van der Waals surface area (Å²) in [5, 5.41) is 11.6. The number of halogens is 1. The summed E-state index contributed by atoms with van der Waals surface area (Å²) < 4.78 is 5.44. The summed E-state index contributed by atoms with van der Waals surface area (Å²) in [6, 6.07) is 1.38. The average Bonchev–Trinajstić information content (AvgIpc) is 2.61. The van der Waals surface area contributed by atoms with Gasteiger partial charge in [-0.2, -0.15) is 0 Å². The molecule has 0 aliphatic heterocycles. The highest BCUT2D eigenvalue weighted by Crippen LogP contribution is 2.13. The first-order valence-corrected chi connectivity index (χ1v) is 5.12. The average molecular weight is 262 g/mol. The summed E-state index contributed by atoms with van der Waals surface area (Å²) in [7, 11) is 0. The quantitative estimate of drug-likeness (QED) is 0.865. The molecule has 0 saturated heterocycles. The first kappa shape index (κ1) is 11.3. The van der Waals surface area contributed by atoms with Crippen LogP contribution in [0.1, 0.15) is 23.7 Å².